The van der Waals surface area contributed by atoms with Gasteiger partial charge in [0.05, 0.1) is 18.5 Å². The number of Topliss-reactive ketones (excluding diaryl/α,β-unsaturated/α-hetero) is 1. The molecule has 3 aromatic carbocycles. The highest BCUT2D eigenvalue weighted by Crippen LogP contribution is 2.48. The van der Waals surface area contributed by atoms with Crippen LogP contribution in [-0.2, 0) is 11.4 Å². The quantitative estimate of drug-likeness (QED) is 0.302. The largest absolute Gasteiger partial charge is 0.493 e. The lowest BCUT2D eigenvalue weighted by Crippen LogP contribution is -2.27. The summed E-state index contributed by atoms with van der Waals surface area (Å²) in [7, 11) is 1.61. The third-order valence-corrected chi connectivity index (χ3v) is 7.52. The van der Waals surface area contributed by atoms with Gasteiger partial charge >= 0.3 is 0 Å². The molecular formula is C32H30FN3O3. The molecule has 0 amide bonds. The summed E-state index contributed by atoms with van der Waals surface area (Å²) in [5.74, 6) is 1.65. The lowest BCUT2D eigenvalue weighted by Gasteiger charge is -2.33. The fourth-order valence-corrected chi connectivity index (χ4v) is 5.55. The Morgan fingerprint density at radius 3 is 2.51 bits per heavy atom. The highest BCUT2D eigenvalue weighted by molar-refractivity contribution is 6.01. The zero-order valence-corrected chi connectivity index (χ0v) is 22.3. The predicted octanol–water partition coefficient (Wildman–Crippen LogP) is 6.78. The Morgan fingerprint density at radius 1 is 1.00 bits per heavy atom. The maximum atomic E-state index is 13.3. The van der Waals surface area contributed by atoms with Crippen molar-refractivity contribution in [2.75, 3.05) is 12.4 Å². The molecule has 0 saturated carbocycles. The van der Waals surface area contributed by atoms with Gasteiger partial charge in [-0.05, 0) is 74.2 Å². The molecule has 0 fully saturated rings. The number of halogens is 1. The molecule has 4 aromatic rings. The summed E-state index contributed by atoms with van der Waals surface area (Å²) in [6.45, 7) is 4.34. The van der Waals surface area contributed by atoms with Crippen LogP contribution in [0.5, 0.6) is 11.5 Å². The highest BCUT2D eigenvalue weighted by atomic mass is 19.1. The molecule has 198 valence electrons. The number of fused-ring (bicyclic) bond motifs is 1. The summed E-state index contributed by atoms with van der Waals surface area (Å²) in [4.78, 5) is 13.3. The number of aryl methyl sites for hydroxylation is 2. The van der Waals surface area contributed by atoms with Crippen molar-refractivity contribution >= 4 is 11.6 Å². The third-order valence-electron chi connectivity index (χ3n) is 7.52. The number of hydrogen-bond acceptors (Lipinski definition) is 5. The molecular weight excluding hydrogens is 493 g/mol. The molecule has 39 heavy (non-hydrogen) atoms. The van der Waals surface area contributed by atoms with Gasteiger partial charge in [-0.1, -0.05) is 35.9 Å². The van der Waals surface area contributed by atoms with Crippen LogP contribution in [-0.4, -0.2) is 22.7 Å². The number of aromatic nitrogens is 2. The average molecular weight is 524 g/mol. The van der Waals surface area contributed by atoms with Crippen LogP contribution >= 0.6 is 0 Å². The van der Waals surface area contributed by atoms with Crippen LogP contribution in [0.1, 0.15) is 53.1 Å². The number of carbonyl (C=O) groups is 1. The van der Waals surface area contributed by atoms with E-state index in [-0.39, 0.29) is 24.1 Å². The smallest absolute Gasteiger partial charge is 0.161 e. The number of methoxy groups -OCH3 is 1. The van der Waals surface area contributed by atoms with Crippen molar-refractivity contribution in [2.24, 2.45) is 0 Å². The molecule has 0 bridgehead atoms. The summed E-state index contributed by atoms with van der Waals surface area (Å²) in [6, 6.07) is 20.3. The van der Waals surface area contributed by atoms with Crippen molar-refractivity contribution < 1.29 is 18.7 Å². The zero-order valence-electron chi connectivity index (χ0n) is 22.3. The standard InChI is InChI=1S/C32H30FN3O3/c1-19-7-14-24(15-8-19)36-32-29(20(2)35-36)30(31-25(34-32)5-4-6-26(31)37)22-11-16-27(28(17-22)38-3)39-18-21-9-12-23(33)13-10-21/h7-17,30,34H,4-6,18H2,1-3H3. The minimum absolute atomic E-state index is 0.164. The topological polar surface area (TPSA) is 65.4 Å². The number of ether oxygens (including phenoxy) is 2. The van der Waals surface area contributed by atoms with E-state index in [1.54, 1.807) is 19.2 Å². The summed E-state index contributed by atoms with van der Waals surface area (Å²) in [5, 5.41) is 8.50. The lowest BCUT2D eigenvalue weighted by molar-refractivity contribution is -0.116. The van der Waals surface area contributed by atoms with E-state index >= 15 is 0 Å². The third kappa shape index (κ3) is 4.58. The van der Waals surface area contributed by atoms with Crippen LogP contribution in [0.25, 0.3) is 5.69 Å². The molecule has 2 heterocycles. The lowest BCUT2D eigenvalue weighted by atomic mass is 9.76. The molecule has 1 atom stereocenters. The first-order valence-corrected chi connectivity index (χ1v) is 13.2. The van der Waals surface area contributed by atoms with Gasteiger partial charge in [-0.25, -0.2) is 9.07 Å². The Labute approximate surface area is 227 Å². The van der Waals surface area contributed by atoms with Crippen LogP contribution in [0.2, 0.25) is 0 Å². The van der Waals surface area contributed by atoms with Crippen molar-refractivity contribution in [1.82, 2.24) is 9.78 Å². The summed E-state index contributed by atoms with van der Waals surface area (Å²) >= 11 is 0. The number of rotatable bonds is 6. The molecule has 1 unspecified atom stereocenters. The number of benzene rings is 3. The van der Waals surface area contributed by atoms with E-state index in [0.29, 0.717) is 17.9 Å². The number of nitrogens with one attached hydrogen (secondary N) is 1. The molecule has 1 aromatic heterocycles. The van der Waals surface area contributed by atoms with Gasteiger partial charge in [0.1, 0.15) is 18.2 Å². The van der Waals surface area contributed by atoms with Crippen LogP contribution in [0.15, 0.2) is 78.0 Å². The molecule has 1 N–H and O–H groups in total. The van der Waals surface area contributed by atoms with Crippen molar-refractivity contribution in [3.8, 4) is 17.2 Å². The molecule has 0 saturated heterocycles. The molecule has 0 spiro atoms. The van der Waals surface area contributed by atoms with Crippen LogP contribution in [0, 0.1) is 19.7 Å². The van der Waals surface area contributed by atoms with E-state index in [4.69, 9.17) is 14.6 Å². The second-order valence-corrected chi connectivity index (χ2v) is 10.1. The van der Waals surface area contributed by atoms with Gasteiger partial charge in [-0.2, -0.15) is 5.10 Å². The second-order valence-electron chi connectivity index (χ2n) is 10.1. The normalized spacial score (nSPS) is 16.4. The summed E-state index contributed by atoms with van der Waals surface area (Å²) < 4.78 is 27.0. The number of carbonyl (C=O) groups excluding carboxylic acids is 1. The maximum absolute atomic E-state index is 13.3. The van der Waals surface area contributed by atoms with Crippen LogP contribution in [0.4, 0.5) is 10.2 Å². The van der Waals surface area contributed by atoms with E-state index < -0.39 is 0 Å². The molecule has 1 aliphatic carbocycles. The average Bonchev–Trinajstić information content (AvgIpc) is 3.28. The number of nitrogens with zero attached hydrogens (tertiary/aromatic N) is 2. The maximum Gasteiger partial charge on any atom is 0.161 e. The van der Waals surface area contributed by atoms with Gasteiger partial charge in [-0.3, -0.25) is 4.79 Å². The number of anilines is 1. The van der Waals surface area contributed by atoms with E-state index in [2.05, 4.69) is 36.5 Å². The van der Waals surface area contributed by atoms with Gasteiger partial charge in [0, 0.05) is 29.2 Å². The van der Waals surface area contributed by atoms with E-state index in [9.17, 15) is 9.18 Å². The zero-order chi connectivity index (χ0) is 27.1. The molecule has 0 radical (unpaired) electrons. The van der Waals surface area contributed by atoms with Gasteiger partial charge in [0.2, 0.25) is 0 Å². The summed E-state index contributed by atoms with van der Waals surface area (Å²) in [5.41, 5.74) is 7.57. The van der Waals surface area contributed by atoms with Crippen LogP contribution in [0.3, 0.4) is 0 Å². The first kappa shape index (κ1) is 24.9. The highest BCUT2D eigenvalue weighted by Gasteiger charge is 2.39. The summed E-state index contributed by atoms with van der Waals surface area (Å²) in [6.07, 6.45) is 2.17. The molecule has 2 aliphatic rings. The first-order valence-electron chi connectivity index (χ1n) is 13.2. The second kappa shape index (κ2) is 10.1. The van der Waals surface area contributed by atoms with E-state index in [1.165, 1.54) is 17.7 Å². The van der Waals surface area contributed by atoms with Crippen molar-refractivity contribution in [1.29, 1.82) is 0 Å². The van der Waals surface area contributed by atoms with Crippen molar-refractivity contribution in [2.45, 2.75) is 45.6 Å². The Kier molecular flexibility index (Phi) is 6.43. The van der Waals surface area contributed by atoms with Gasteiger partial charge < -0.3 is 14.8 Å². The predicted molar refractivity (Wildman–Crippen MR) is 148 cm³/mol. The van der Waals surface area contributed by atoms with Crippen molar-refractivity contribution in [3.05, 3.63) is 112 Å². The van der Waals surface area contributed by atoms with Gasteiger partial charge in [0.15, 0.2) is 17.3 Å². The molecule has 6 nitrogen and oxygen atoms in total. The van der Waals surface area contributed by atoms with Crippen molar-refractivity contribution in [3.63, 3.8) is 0 Å². The molecule has 7 heteroatoms. The molecule has 1 aliphatic heterocycles. The first-order chi connectivity index (χ1) is 18.9. The Bertz CT molecular complexity index is 1590. The molecule has 6 rings (SSSR count). The Hall–Kier alpha value is -4.39. The van der Waals surface area contributed by atoms with Gasteiger partial charge in [-0.15, -0.1) is 0 Å². The fraction of sp³-hybridized carbons (Fsp3) is 0.250. The SMILES string of the molecule is COc1cc(C2C3=C(CCCC3=O)Nc3c2c(C)nn3-c2ccc(C)cc2)ccc1OCc1ccc(F)cc1. The van der Waals surface area contributed by atoms with Crippen LogP contribution < -0.4 is 14.8 Å². The number of ketones is 1. The van der Waals surface area contributed by atoms with E-state index in [0.717, 1.165) is 58.0 Å². The fourth-order valence-electron chi connectivity index (χ4n) is 5.55. The number of allylic oxidation sites excluding steroid dienone is 2. The monoisotopic (exact) mass is 523 g/mol. The Balaban J connectivity index is 1.42. The number of hydrogen-bond donors (Lipinski definition) is 1. The minimum atomic E-state index is -0.283. The minimum Gasteiger partial charge on any atom is -0.493 e. The Morgan fingerprint density at radius 2 is 1.77 bits per heavy atom. The van der Waals surface area contributed by atoms with E-state index in [1.807, 2.05) is 29.8 Å². The van der Waals surface area contributed by atoms with Gasteiger partial charge in [0.25, 0.3) is 0 Å².